The lowest BCUT2D eigenvalue weighted by Crippen LogP contribution is -2.12. The van der Waals surface area contributed by atoms with Crippen molar-refractivity contribution < 1.29 is 9.18 Å². The summed E-state index contributed by atoms with van der Waals surface area (Å²) in [4.78, 5) is 11.7. The molecule has 0 aliphatic heterocycles. The van der Waals surface area contributed by atoms with Gasteiger partial charge in [-0.1, -0.05) is 17.4 Å². The van der Waals surface area contributed by atoms with Gasteiger partial charge in [-0.3, -0.25) is 4.79 Å². The number of carbonyl (C=O) groups is 1. The van der Waals surface area contributed by atoms with E-state index >= 15 is 0 Å². The molecule has 88 valence electrons. The van der Waals surface area contributed by atoms with E-state index in [1.807, 2.05) is 0 Å². The summed E-state index contributed by atoms with van der Waals surface area (Å²) < 4.78 is 13.5. The molecular formula is C10H7ClFN3OS. The molecule has 2 rings (SSSR count). The molecule has 1 aromatic carbocycles. The zero-order valence-corrected chi connectivity index (χ0v) is 10.3. The fourth-order valence-corrected chi connectivity index (χ4v) is 1.93. The van der Waals surface area contributed by atoms with Gasteiger partial charge < -0.3 is 5.32 Å². The number of hydrogen-bond acceptors (Lipinski definition) is 4. The Balaban J connectivity index is 2.21. The van der Waals surface area contributed by atoms with Crippen molar-refractivity contribution in [3.63, 3.8) is 0 Å². The van der Waals surface area contributed by atoms with E-state index in [-0.39, 0.29) is 15.2 Å². The van der Waals surface area contributed by atoms with Crippen molar-refractivity contribution in [2.75, 3.05) is 5.32 Å². The molecule has 0 fully saturated rings. The number of nitrogens with zero attached hydrogens (tertiary/aromatic N) is 2. The summed E-state index contributed by atoms with van der Waals surface area (Å²) >= 11 is 6.49. The molecule has 0 spiro atoms. The van der Waals surface area contributed by atoms with Crippen LogP contribution in [0.4, 0.5) is 10.1 Å². The number of rotatable bonds is 2. The van der Waals surface area contributed by atoms with Gasteiger partial charge in [-0.25, -0.2) is 4.39 Å². The summed E-state index contributed by atoms with van der Waals surface area (Å²) in [6, 6.07) is 4.45. The van der Waals surface area contributed by atoms with Crippen LogP contribution in [0.3, 0.4) is 0 Å². The normalized spacial score (nSPS) is 10.3. The van der Waals surface area contributed by atoms with Gasteiger partial charge in [0.1, 0.15) is 5.82 Å². The molecule has 1 N–H and O–H groups in total. The third-order valence-electron chi connectivity index (χ3n) is 1.96. The minimum Gasteiger partial charge on any atom is -0.317 e. The summed E-state index contributed by atoms with van der Waals surface area (Å²) in [5.74, 6) is -1.03. The minimum absolute atomic E-state index is 0.0934. The van der Waals surface area contributed by atoms with Crippen LogP contribution in [0.2, 0.25) is 4.47 Å². The van der Waals surface area contributed by atoms with Gasteiger partial charge in [0, 0.05) is 0 Å². The van der Waals surface area contributed by atoms with Crippen molar-refractivity contribution in [2.24, 2.45) is 0 Å². The molecule has 4 nitrogen and oxygen atoms in total. The van der Waals surface area contributed by atoms with Crippen LogP contribution in [0.5, 0.6) is 0 Å². The Bertz CT molecular complexity index is 572. The number of benzene rings is 1. The van der Waals surface area contributed by atoms with E-state index < -0.39 is 11.7 Å². The molecule has 1 amide bonds. The predicted molar refractivity (Wildman–Crippen MR) is 64.0 cm³/mol. The third kappa shape index (κ3) is 2.78. The molecule has 0 saturated heterocycles. The Morgan fingerprint density at radius 3 is 2.88 bits per heavy atom. The van der Waals surface area contributed by atoms with Crippen molar-refractivity contribution in [1.29, 1.82) is 0 Å². The molecule has 0 atom stereocenters. The lowest BCUT2D eigenvalue weighted by molar-refractivity contribution is 0.102. The lowest BCUT2D eigenvalue weighted by atomic mass is 10.2. The highest BCUT2D eigenvalue weighted by Gasteiger charge is 2.14. The van der Waals surface area contributed by atoms with Gasteiger partial charge in [0.15, 0.2) is 0 Å². The Hall–Kier alpha value is -1.53. The van der Waals surface area contributed by atoms with Gasteiger partial charge in [0.05, 0.1) is 5.69 Å². The van der Waals surface area contributed by atoms with Gasteiger partial charge >= 0.3 is 0 Å². The molecule has 0 aliphatic rings. The second-order valence-corrected chi connectivity index (χ2v) is 4.86. The lowest BCUT2D eigenvalue weighted by Gasteiger charge is -2.04. The molecule has 17 heavy (non-hydrogen) atoms. The molecule has 0 saturated carbocycles. The number of aryl methyl sites for hydroxylation is 1. The van der Waals surface area contributed by atoms with E-state index in [9.17, 15) is 9.18 Å². The summed E-state index contributed by atoms with van der Waals surface area (Å²) in [6.07, 6.45) is 0. The third-order valence-corrected chi connectivity index (χ3v) is 2.98. The fourth-order valence-electron chi connectivity index (χ4n) is 1.21. The first-order valence-electron chi connectivity index (χ1n) is 4.63. The van der Waals surface area contributed by atoms with Crippen molar-refractivity contribution in [2.45, 2.75) is 6.92 Å². The van der Waals surface area contributed by atoms with Crippen LogP contribution >= 0.6 is 22.9 Å². The maximum atomic E-state index is 13.4. The smallest absolute Gasteiger partial charge is 0.286 e. The first kappa shape index (κ1) is 11.9. The summed E-state index contributed by atoms with van der Waals surface area (Å²) in [5, 5.41) is 9.57. The maximum absolute atomic E-state index is 13.4. The first-order valence-corrected chi connectivity index (χ1v) is 5.82. The molecule has 1 heterocycles. The van der Waals surface area contributed by atoms with Gasteiger partial charge in [-0.2, -0.15) is 0 Å². The van der Waals surface area contributed by atoms with Crippen LogP contribution in [0.25, 0.3) is 0 Å². The number of anilines is 1. The second kappa shape index (κ2) is 4.77. The maximum Gasteiger partial charge on any atom is 0.286 e. The highest BCUT2D eigenvalue weighted by atomic mass is 35.5. The van der Waals surface area contributed by atoms with Gasteiger partial charge in [0.25, 0.3) is 5.91 Å². The molecule has 7 heteroatoms. The van der Waals surface area contributed by atoms with Crippen LogP contribution < -0.4 is 5.32 Å². The summed E-state index contributed by atoms with van der Waals surface area (Å²) in [5.41, 5.74) is 0.957. The Morgan fingerprint density at radius 1 is 1.47 bits per heavy atom. The minimum atomic E-state index is -0.529. The van der Waals surface area contributed by atoms with Gasteiger partial charge in [-0.05, 0) is 36.2 Å². The van der Waals surface area contributed by atoms with Crippen LogP contribution in [-0.4, -0.2) is 16.1 Å². The van der Waals surface area contributed by atoms with Crippen molar-refractivity contribution in [1.82, 2.24) is 10.2 Å². The number of halogens is 2. The number of nitrogens with one attached hydrogen (secondary N) is 1. The Kier molecular flexibility index (Phi) is 3.35. The average Bonchev–Trinajstić information content (AvgIpc) is 2.70. The summed E-state index contributed by atoms with van der Waals surface area (Å²) in [7, 11) is 0. The zero-order chi connectivity index (χ0) is 12.4. The molecule has 1 aromatic heterocycles. The van der Waals surface area contributed by atoms with Crippen LogP contribution in [0, 0.1) is 12.7 Å². The van der Waals surface area contributed by atoms with E-state index in [2.05, 4.69) is 15.5 Å². The zero-order valence-electron chi connectivity index (χ0n) is 8.70. The van der Waals surface area contributed by atoms with Crippen LogP contribution in [0.1, 0.15) is 15.4 Å². The van der Waals surface area contributed by atoms with Crippen molar-refractivity contribution in [3.8, 4) is 0 Å². The summed E-state index contributed by atoms with van der Waals surface area (Å²) in [6.45, 7) is 1.80. The molecule has 0 aliphatic carbocycles. The van der Waals surface area contributed by atoms with Crippen LogP contribution in [0.15, 0.2) is 18.2 Å². The topological polar surface area (TPSA) is 54.9 Å². The Labute approximate surface area is 105 Å². The number of carbonyl (C=O) groups excluding carboxylic acids is 1. The predicted octanol–water partition coefficient (Wildman–Crippen LogP) is 2.89. The fraction of sp³-hybridized carbons (Fsp3) is 0.100. The van der Waals surface area contributed by atoms with E-state index in [0.717, 1.165) is 16.9 Å². The van der Waals surface area contributed by atoms with E-state index in [1.165, 1.54) is 12.1 Å². The molecule has 0 radical (unpaired) electrons. The van der Waals surface area contributed by atoms with E-state index in [0.29, 0.717) is 0 Å². The van der Waals surface area contributed by atoms with Crippen molar-refractivity contribution in [3.05, 3.63) is 39.1 Å². The van der Waals surface area contributed by atoms with Gasteiger partial charge in [-0.15, -0.1) is 10.2 Å². The Morgan fingerprint density at radius 2 is 2.24 bits per heavy atom. The number of amides is 1. The molecule has 2 aromatic rings. The second-order valence-electron chi connectivity index (χ2n) is 3.30. The van der Waals surface area contributed by atoms with Crippen molar-refractivity contribution >= 4 is 34.5 Å². The van der Waals surface area contributed by atoms with Gasteiger partial charge in [0.2, 0.25) is 9.47 Å². The average molecular weight is 272 g/mol. The van der Waals surface area contributed by atoms with Crippen LogP contribution in [-0.2, 0) is 0 Å². The quantitative estimate of drug-likeness (QED) is 0.914. The van der Waals surface area contributed by atoms with E-state index in [4.69, 9.17) is 11.6 Å². The largest absolute Gasteiger partial charge is 0.317 e. The number of hydrogen-bond donors (Lipinski definition) is 1. The monoisotopic (exact) mass is 271 g/mol. The highest BCUT2D eigenvalue weighted by molar-refractivity contribution is 7.17. The molecule has 0 unspecified atom stereocenters. The first-order chi connectivity index (χ1) is 8.06. The molecular weight excluding hydrogens is 265 g/mol. The van der Waals surface area contributed by atoms with E-state index in [1.54, 1.807) is 13.0 Å². The SMILES string of the molecule is Cc1ccc(F)c(NC(=O)c2nnc(Cl)s2)c1. The molecule has 0 bridgehead atoms. The standard InChI is InChI=1S/C10H7ClFN3OS/c1-5-2-3-6(12)7(4-5)13-8(16)9-14-15-10(11)17-9/h2-4H,1H3,(H,13,16). The highest BCUT2D eigenvalue weighted by Crippen LogP contribution is 2.19. The number of aromatic nitrogens is 2.